The van der Waals surface area contributed by atoms with E-state index in [0.717, 1.165) is 24.5 Å². The molecule has 172 valence electrons. The largest absolute Gasteiger partial charge is 0.477 e. The second kappa shape index (κ2) is 8.70. The Labute approximate surface area is 202 Å². The van der Waals surface area contributed by atoms with Crippen molar-refractivity contribution in [2.75, 3.05) is 5.32 Å². The van der Waals surface area contributed by atoms with Crippen LogP contribution in [0, 0.1) is 5.82 Å². The zero-order valence-corrected chi connectivity index (χ0v) is 19.1. The van der Waals surface area contributed by atoms with Gasteiger partial charge in [-0.25, -0.2) is 19.2 Å². The van der Waals surface area contributed by atoms with Crippen LogP contribution in [0.3, 0.4) is 0 Å². The summed E-state index contributed by atoms with van der Waals surface area (Å²) >= 11 is 12.2. The summed E-state index contributed by atoms with van der Waals surface area (Å²) in [6, 6.07) is 9.55. The van der Waals surface area contributed by atoms with Gasteiger partial charge >= 0.3 is 5.97 Å². The van der Waals surface area contributed by atoms with E-state index in [1.807, 2.05) is 6.07 Å². The molecule has 0 atom stereocenters. The normalized spacial score (nSPS) is 13.3. The maximum Gasteiger partial charge on any atom is 0.341 e. The Hall–Kier alpha value is -3.49. The predicted octanol–water partition coefficient (Wildman–Crippen LogP) is 5.60. The van der Waals surface area contributed by atoms with Crippen LogP contribution in [0.1, 0.15) is 40.5 Å². The zero-order chi connectivity index (χ0) is 24.0. The van der Waals surface area contributed by atoms with Gasteiger partial charge < -0.3 is 15.0 Å². The molecule has 1 saturated carbocycles. The van der Waals surface area contributed by atoms with Gasteiger partial charge in [-0.3, -0.25) is 4.79 Å². The van der Waals surface area contributed by atoms with Gasteiger partial charge in [-0.1, -0.05) is 29.3 Å². The lowest BCUT2D eigenvalue weighted by Crippen LogP contribution is -2.19. The molecule has 5 rings (SSSR count). The molecule has 0 unspecified atom stereocenters. The number of anilines is 2. The van der Waals surface area contributed by atoms with Crippen LogP contribution in [-0.4, -0.2) is 25.6 Å². The van der Waals surface area contributed by atoms with Crippen molar-refractivity contribution in [1.29, 1.82) is 0 Å². The minimum absolute atomic E-state index is 0.0156. The van der Waals surface area contributed by atoms with Gasteiger partial charge in [0.15, 0.2) is 0 Å². The first-order chi connectivity index (χ1) is 16.3. The summed E-state index contributed by atoms with van der Waals surface area (Å²) in [5.41, 5.74) is 0.912. The van der Waals surface area contributed by atoms with Gasteiger partial charge in [-0.2, -0.15) is 0 Å². The monoisotopic (exact) mass is 498 g/mol. The van der Waals surface area contributed by atoms with Gasteiger partial charge in [0.25, 0.3) is 0 Å². The number of carboxylic acid groups (broad SMARTS) is 1. The van der Waals surface area contributed by atoms with Gasteiger partial charge in [0, 0.05) is 40.3 Å². The number of pyridine rings is 1. The third kappa shape index (κ3) is 4.34. The lowest BCUT2D eigenvalue weighted by molar-refractivity contribution is 0.0695. The van der Waals surface area contributed by atoms with Gasteiger partial charge in [0.2, 0.25) is 11.4 Å². The van der Waals surface area contributed by atoms with Crippen molar-refractivity contribution in [1.82, 2.24) is 14.5 Å². The molecule has 2 N–H and O–H groups in total. The smallest absolute Gasteiger partial charge is 0.341 e. The molecule has 0 spiro atoms. The first-order valence-electron chi connectivity index (χ1n) is 10.4. The first kappa shape index (κ1) is 22.3. The number of hydrogen-bond donors (Lipinski definition) is 2. The molecular formula is C24H17Cl2FN4O3. The molecule has 1 aliphatic carbocycles. The Balaban J connectivity index is 1.51. The Morgan fingerprint density at radius 1 is 1.21 bits per heavy atom. The van der Waals surface area contributed by atoms with Crippen LogP contribution in [0.5, 0.6) is 0 Å². The number of nitrogens with one attached hydrogen (secondary N) is 1. The summed E-state index contributed by atoms with van der Waals surface area (Å²) in [5, 5.41) is 13.3. The number of nitrogens with zero attached hydrogens (tertiary/aromatic N) is 3. The molecule has 2 heterocycles. The summed E-state index contributed by atoms with van der Waals surface area (Å²) in [6.07, 6.45) is 5.02. The van der Waals surface area contributed by atoms with E-state index in [2.05, 4.69) is 15.3 Å². The van der Waals surface area contributed by atoms with Crippen LogP contribution in [-0.2, 0) is 6.42 Å². The fourth-order valence-electron chi connectivity index (χ4n) is 3.81. The van der Waals surface area contributed by atoms with E-state index in [9.17, 15) is 19.1 Å². The van der Waals surface area contributed by atoms with E-state index in [0.29, 0.717) is 27.7 Å². The maximum atomic E-state index is 15.0. The van der Waals surface area contributed by atoms with Crippen molar-refractivity contribution < 1.29 is 14.3 Å². The molecule has 7 nitrogen and oxygen atoms in total. The highest BCUT2D eigenvalue weighted by Crippen LogP contribution is 2.38. The summed E-state index contributed by atoms with van der Waals surface area (Å²) < 4.78 is 16.7. The molecule has 0 aliphatic heterocycles. The van der Waals surface area contributed by atoms with E-state index in [1.54, 1.807) is 29.0 Å². The van der Waals surface area contributed by atoms with Crippen molar-refractivity contribution >= 4 is 51.7 Å². The van der Waals surface area contributed by atoms with Crippen molar-refractivity contribution in [2.45, 2.75) is 25.3 Å². The van der Waals surface area contributed by atoms with E-state index in [1.165, 1.54) is 12.3 Å². The average molecular weight is 499 g/mol. The second-order valence-electron chi connectivity index (χ2n) is 8.07. The lowest BCUT2D eigenvalue weighted by atomic mass is 10.1. The predicted molar refractivity (Wildman–Crippen MR) is 128 cm³/mol. The molecule has 0 radical (unpaired) electrons. The standard InChI is InChI=1S/C24H17Cl2FN4O3/c25-13-2-1-12(18(26)8-13)7-14-5-6-28-24(29-14)30-20-10-21-16(9-19(20)27)22(32)17(23(33)34)11-31(21)15-3-4-15/h1-2,5-6,8-11,15H,3-4,7H2,(H,33,34)(H,28,29,30). The number of carbonyl (C=O) groups is 1. The van der Waals surface area contributed by atoms with Crippen LogP contribution >= 0.6 is 23.2 Å². The highest BCUT2D eigenvalue weighted by atomic mass is 35.5. The van der Waals surface area contributed by atoms with E-state index in [-0.39, 0.29) is 28.6 Å². The number of aromatic nitrogens is 3. The van der Waals surface area contributed by atoms with Crippen molar-refractivity contribution in [3.63, 3.8) is 0 Å². The third-order valence-electron chi connectivity index (χ3n) is 5.64. The first-order valence-corrected chi connectivity index (χ1v) is 11.2. The van der Waals surface area contributed by atoms with Crippen LogP contribution in [0.25, 0.3) is 10.9 Å². The summed E-state index contributed by atoms with van der Waals surface area (Å²) in [6.45, 7) is 0. The number of aromatic carboxylic acids is 1. The summed E-state index contributed by atoms with van der Waals surface area (Å²) in [7, 11) is 0. The fraction of sp³-hybridized carbons (Fsp3) is 0.167. The molecule has 0 amide bonds. The van der Waals surface area contributed by atoms with Crippen molar-refractivity contribution in [3.8, 4) is 0 Å². The van der Waals surface area contributed by atoms with Crippen LogP contribution < -0.4 is 10.7 Å². The lowest BCUT2D eigenvalue weighted by Gasteiger charge is -2.14. The number of halogens is 3. The highest BCUT2D eigenvalue weighted by molar-refractivity contribution is 6.35. The number of benzene rings is 2. The van der Waals surface area contributed by atoms with Gasteiger partial charge in [-0.05, 0) is 48.7 Å². The number of fused-ring (bicyclic) bond motifs is 1. The van der Waals surface area contributed by atoms with E-state index in [4.69, 9.17) is 23.2 Å². The van der Waals surface area contributed by atoms with Crippen LogP contribution in [0.2, 0.25) is 10.0 Å². The summed E-state index contributed by atoms with van der Waals surface area (Å²) in [5.74, 6) is -1.89. The van der Waals surface area contributed by atoms with Crippen LogP contribution in [0.15, 0.2) is 53.6 Å². The molecule has 1 aliphatic rings. The molecule has 34 heavy (non-hydrogen) atoms. The fourth-order valence-corrected chi connectivity index (χ4v) is 4.28. The Kier molecular flexibility index (Phi) is 5.71. The maximum absolute atomic E-state index is 15.0. The average Bonchev–Trinajstić information content (AvgIpc) is 3.62. The molecule has 1 fully saturated rings. The molecule has 0 bridgehead atoms. The quantitative estimate of drug-likeness (QED) is 0.358. The molecule has 2 aromatic heterocycles. The molecule has 0 saturated heterocycles. The molecule has 4 aromatic rings. The SMILES string of the molecule is O=C(O)c1cn(C2CC2)c2cc(Nc3nccc(Cc4ccc(Cl)cc4Cl)n3)c(F)cc2c1=O. The highest BCUT2D eigenvalue weighted by Gasteiger charge is 2.27. The zero-order valence-electron chi connectivity index (χ0n) is 17.6. The number of carboxylic acids is 1. The van der Waals surface area contributed by atoms with Crippen molar-refractivity contribution in [2.24, 2.45) is 0 Å². The van der Waals surface area contributed by atoms with Crippen molar-refractivity contribution in [3.05, 3.63) is 91.7 Å². The van der Waals surface area contributed by atoms with E-state index < -0.39 is 17.2 Å². The van der Waals surface area contributed by atoms with E-state index >= 15 is 0 Å². The van der Waals surface area contributed by atoms with Gasteiger partial charge in [0.1, 0.15) is 11.4 Å². The van der Waals surface area contributed by atoms with Gasteiger partial charge in [-0.15, -0.1) is 0 Å². The minimum Gasteiger partial charge on any atom is -0.477 e. The second-order valence-corrected chi connectivity index (χ2v) is 8.92. The number of rotatable bonds is 6. The summed E-state index contributed by atoms with van der Waals surface area (Å²) in [4.78, 5) is 32.7. The van der Waals surface area contributed by atoms with Crippen LogP contribution in [0.4, 0.5) is 16.0 Å². The Morgan fingerprint density at radius 2 is 2.00 bits per heavy atom. The number of hydrogen-bond acceptors (Lipinski definition) is 5. The minimum atomic E-state index is -1.34. The topological polar surface area (TPSA) is 97.1 Å². The molecule has 2 aromatic carbocycles. The Bertz CT molecular complexity index is 1520. The molecule has 10 heteroatoms. The molecular weight excluding hydrogens is 482 g/mol. The van der Waals surface area contributed by atoms with Gasteiger partial charge in [0.05, 0.1) is 16.9 Å². The Morgan fingerprint density at radius 3 is 2.71 bits per heavy atom. The third-order valence-corrected chi connectivity index (χ3v) is 6.23.